The highest BCUT2D eigenvalue weighted by atomic mass is 14.2. The third kappa shape index (κ3) is 2.72. The van der Waals surface area contributed by atoms with Crippen LogP contribution in [-0.4, -0.2) is 0 Å². The van der Waals surface area contributed by atoms with Crippen molar-refractivity contribution in [3.63, 3.8) is 0 Å². The summed E-state index contributed by atoms with van der Waals surface area (Å²) in [5.41, 5.74) is 0. The second-order valence-corrected chi connectivity index (χ2v) is 3.43. The quantitative estimate of drug-likeness (QED) is 0.513. The highest BCUT2D eigenvalue weighted by Gasteiger charge is 2.09. The van der Waals surface area contributed by atoms with Gasteiger partial charge in [-0.3, -0.25) is 0 Å². The van der Waals surface area contributed by atoms with Gasteiger partial charge in [-0.05, 0) is 19.3 Å². The Morgan fingerprint density at radius 2 is 1.60 bits per heavy atom. The van der Waals surface area contributed by atoms with E-state index in [9.17, 15) is 0 Å². The van der Waals surface area contributed by atoms with E-state index < -0.39 is 0 Å². The van der Waals surface area contributed by atoms with Gasteiger partial charge in [0, 0.05) is 0 Å². The summed E-state index contributed by atoms with van der Waals surface area (Å²) < 4.78 is 0. The first kappa shape index (κ1) is 8.10. The van der Waals surface area contributed by atoms with Crippen LogP contribution in [0.1, 0.15) is 51.4 Å². The van der Waals surface area contributed by atoms with Crippen molar-refractivity contribution in [3.8, 4) is 0 Å². The molecule has 1 aliphatic carbocycles. The zero-order valence-corrected chi connectivity index (χ0v) is 6.81. The molecule has 0 aromatic rings. The molecule has 0 heteroatoms. The Labute approximate surface area is 65.0 Å². The van der Waals surface area contributed by atoms with Crippen LogP contribution >= 0.6 is 0 Å². The maximum atomic E-state index is 5.51. The molecular weight excluding hydrogens is 120 g/mol. The third-order valence-electron chi connectivity index (χ3n) is 2.55. The lowest BCUT2D eigenvalue weighted by atomic mass is 9.96. The standard InChI is InChI=1S/C10H18/c1-2-7-10-8-5-3-4-6-9-10/h1,10H,2-9H2. The van der Waals surface area contributed by atoms with Gasteiger partial charge in [-0.1, -0.05) is 44.9 Å². The second-order valence-electron chi connectivity index (χ2n) is 3.43. The van der Waals surface area contributed by atoms with Crippen LogP contribution in [0, 0.1) is 12.8 Å². The molecular formula is C10H18. The van der Waals surface area contributed by atoms with Crippen LogP contribution in [0.2, 0.25) is 0 Å². The van der Waals surface area contributed by atoms with Crippen LogP contribution in [0.4, 0.5) is 0 Å². The van der Waals surface area contributed by atoms with Crippen LogP contribution in [0.5, 0.6) is 0 Å². The van der Waals surface area contributed by atoms with Gasteiger partial charge in [0.15, 0.2) is 0 Å². The van der Waals surface area contributed by atoms with Gasteiger partial charge in [0.05, 0.1) is 0 Å². The predicted octanol–water partition coefficient (Wildman–Crippen LogP) is 3.45. The van der Waals surface area contributed by atoms with Gasteiger partial charge in [0.2, 0.25) is 0 Å². The van der Waals surface area contributed by atoms with Crippen LogP contribution in [0.25, 0.3) is 0 Å². The SMILES string of the molecule is [CH]CCC1CCCCCC1. The zero-order chi connectivity index (χ0) is 7.23. The molecule has 10 heavy (non-hydrogen) atoms. The van der Waals surface area contributed by atoms with Crippen LogP contribution in [0.15, 0.2) is 0 Å². The van der Waals surface area contributed by atoms with Crippen LogP contribution in [0.3, 0.4) is 0 Å². The maximum Gasteiger partial charge on any atom is -0.0352 e. The van der Waals surface area contributed by atoms with Gasteiger partial charge < -0.3 is 0 Å². The molecule has 0 atom stereocenters. The van der Waals surface area contributed by atoms with Crippen LogP contribution in [-0.2, 0) is 0 Å². The zero-order valence-electron chi connectivity index (χ0n) is 6.81. The fourth-order valence-electron chi connectivity index (χ4n) is 1.89. The lowest BCUT2D eigenvalue weighted by Crippen LogP contribution is -1.96. The van der Waals surface area contributed by atoms with E-state index in [1.807, 2.05) is 0 Å². The van der Waals surface area contributed by atoms with Crippen molar-refractivity contribution < 1.29 is 0 Å². The first-order valence-corrected chi connectivity index (χ1v) is 4.63. The van der Waals surface area contributed by atoms with Crippen molar-refractivity contribution >= 4 is 0 Å². The van der Waals surface area contributed by atoms with E-state index in [0.717, 1.165) is 12.3 Å². The minimum Gasteiger partial charge on any atom is -0.0533 e. The first-order valence-electron chi connectivity index (χ1n) is 4.63. The minimum atomic E-state index is 0.894. The summed E-state index contributed by atoms with van der Waals surface area (Å²) in [5, 5.41) is 0. The molecule has 0 N–H and O–H groups in total. The van der Waals surface area contributed by atoms with Crippen molar-refractivity contribution in [2.45, 2.75) is 51.4 Å². The molecule has 1 rings (SSSR count). The van der Waals surface area contributed by atoms with E-state index in [2.05, 4.69) is 0 Å². The van der Waals surface area contributed by atoms with E-state index in [4.69, 9.17) is 6.92 Å². The lowest BCUT2D eigenvalue weighted by Gasteiger charge is -2.10. The van der Waals surface area contributed by atoms with Crippen molar-refractivity contribution in [1.82, 2.24) is 0 Å². The number of hydrogen-bond donors (Lipinski definition) is 0. The van der Waals surface area contributed by atoms with Crippen molar-refractivity contribution in [3.05, 3.63) is 6.92 Å². The predicted molar refractivity (Wildman–Crippen MR) is 44.7 cm³/mol. The summed E-state index contributed by atoms with van der Waals surface area (Å²) in [5.74, 6) is 0.965. The molecule has 0 aromatic heterocycles. The van der Waals surface area contributed by atoms with Gasteiger partial charge in [-0.15, -0.1) is 0 Å². The summed E-state index contributed by atoms with van der Waals surface area (Å²) in [7, 11) is 0. The van der Waals surface area contributed by atoms with Crippen molar-refractivity contribution in [1.29, 1.82) is 0 Å². The number of rotatable bonds is 2. The van der Waals surface area contributed by atoms with E-state index in [0.29, 0.717) is 0 Å². The maximum absolute atomic E-state index is 5.51. The molecule has 0 amide bonds. The Balaban J connectivity index is 2.15. The molecule has 0 saturated heterocycles. The monoisotopic (exact) mass is 138 g/mol. The first-order chi connectivity index (χ1) is 4.93. The Morgan fingerprint density at radius 1 is 1.00 bits per heavy atom. The highest BCUT2D eigenvalue weighted by molar-refractivity contribution is 4.64. The fraction of sp³-hybridized carbons (Fsp3) is 0.900. The van der Waals surface area contributed by atoms with E-state index in [-0.39, 0.29) is 0 Å². The average Bonchev–Trinajstić information content (AvgIpc) is 2.17. The molecule has 0 nitrogen and oxygen atoms in total. The molecule has 0 heterocycles. The van der Waals surface area contributed by atoms with Crippen molar-refractivity contribution in [2.75, 3.05) is 0 Å². The Hall–Kier alpha value is 0. The van der Waals surface area contributed by atoms with Gasteiger partial charge in [-0.25, -0.2) is 0 Å². The van der Waals surface area contributed by atoms with E-state index in [1.54, 1.807) is 0 Å². The molecule has 0 spiro atoms. The van der Waals surface area contributed by atoms with Crippen molar-refractivity contribution in [2.24, 2.45) is 5.92 Å². The molecule has 0 unspecified atom stereocenters. The van der Waals surface area contributed by atoms with Gasteiger partial charge in [-0.2, -0.15) is 0 Å². The van der Waals surface area contributed by atoms with Crippen LogP contribution < -0.4 is 0 Å². The normalized spacial score (nSPS) is 22.5. The number of hydrogen-bond acceptors (Lipinski definition) is 0. The molecule has 1 fully saturated rings. The minimum absolute atomic E-state index is 0.894. The molecule has 0 bridgehead atoms. The van der Waals surface area contributed by atoms with Gasteiger partial charge >= 0.3 is 0 Å². The van der Waals surface area contributed by atoms with Gasteiger partial charge in [0.25, 0.3) is 0 Å². The summed E-state index contributed by atoms with van der Waals surface area (Å²) in [6.45, 7) is 5.51. The lowest BCUT2D eigenvalue weighted by molar-refractivity contribution is 0.431. The average molecular weight is 138 g/mol. The molecule has 0 aliphatic heterocycles. The topological polar surface area (TPSA) is 0 Å². The Morgan fingerprint density at radius 3 is 2.10 bits per heavy atom. The Kier molecular flexibility index (Phi) is 3.86. The van der Waals surface area contributed by atoms with E-state index >= 15 is 0 Å². The molecule has 1 aliphatic rings. The summed E-state index contributed by atoms with van der Waals surface area (Å²) in [4.78, 5) is 0. The smallest absolute Gasteiger partial charge is 0.0352 e. The molecule has 2 radical (unpaired) electrons. The summed E-state index contributed by atoms with van der Waals surface area (Å²) >= 11 is 0. The molecule has 58 valence electrons. The summed E-state index contributed by atoms with van der Waals surface area (Å²) in [6.07, 6.45) is 10.9. The fourth-order valence-corrected chi connectivity index (χ4v) is 1.89. The van der Waals surface area contributed by atoms with Gasteiger partial charge in [0.1, 0.15) is 0 Å². The second kappa shape index (κ2) is 4.76. The highest BCUT2D eigenvalue weighted by Crippen LogP contribution is 2.25. The third-order valence-corrected chi connectivity index (χ3v) is 2.55. The Bertz CT molecular complexity index is 68.1. The molecule has 1 saturated carbocycles. The van der Waals surface area contributed by atoms with E-state index in [1.165, 1.54) is 44.9 Å². The largest absolute Gasteiger partial charge is 0.0533 e. The molecule has 0 aromatic carbocycles. The summed E-state index contributed by atoms with van der Waals surface area (Å²) in [6, 6.07) is 0.